The van der Waals surface area contributed by atoms with Crippen molar-refractivity contribution in [2.75, 3.05) is 5.75 Å². The summed E-state index contributed by atoms with van der Waals surface area (Å²) in [4.78, 5) is 12.3. The largest absolute Gasteiger partial charge is 0.469 e. The minimum atomic E-state index is -0.0346. The first-order valence-corrected chi connectivity index (χ1v) is 9.93. The summed E-state index contributed by atoms with van der Waals surface area (Å²) in [6.07, 6.45) is 2.64. The number of hydrogen-bond acceptors (Lipinski definition) is 5. The number of benzene rings is 1. The number of thioether (sulfide) groups is 1. The van der Waals surface area contributed by atoms with Gasteiger partial charge in [0.15, 0.2) is 11.0 Å². The van der Waals surface area contributed by atoms with E-state index in [4.69, 9.17) is 4.42 Å². The number of nitrogens with zero attached hydrogens (tertiary/aromatic N) is 3. The minimum Gasteiger partial charge on any atom is -0.469 e. The van der Waals surface area contributed by atoms with Crippen molar-refractivity contribution in [3.63, 3.8) is 0 Å². The lowest BCUT2D eigenvalue weighted by molar-refractivity contribution is -0.119. The molecule has 0 spiro atoms. The Balaban J connectivity index is 1.57. The molecule has 3 aromatic rings. The quantitative estimate of drug-likeness (QED) is 0.625. The maximum Gasteiger partial charge on any atom is 0.230 e. The monoisotopic (exact) mass is 384 g/mol. The molecule has 0 aliphatic rings. The van der Waals surface area contributed by atoms with Crippen molar-refractivity contribution in [1.29, 1.82) is 0 Å². The van der Waals surface area contributed by atoms with Crippen LogP contribution >= 0.6 is 11.8 Å². The molecule has 0 fully saturated rings. The highest BCUT2D eigenvalue weighted by Crippen LogP contribution is 2.25. The molecule has 2 aromatic heterocycles. The van der Waals surface area contributed by atoms with Gasteiger partial charge >= 0.3 is 0 Å². The maximum absolute atomic E-state index is 12.3. The van der Waals surface area contributed by atoms with E-state index < -0.39 is 0 Å². The highest BCUT2D eigenvalue weighted by Gasteiger charge is 2.16. The van der Waals surface area contributed by atoms with Gasteiger partial charge < -0.3 is 14.3 Å². The van der Waals surface area contributed by atoms with Gasteiger partial charge in [-0.2, -0.15) is 0 Å². The van der Waals surface area contributed by atoms with Crippen LogP contribution in [0.25, 0.3) is 11.4 Å². The van der Waals surface area contributed by atoms with Crippen LogP contribution in [0.1, 0.15) is 36.8 Å². The topological polar surface area (TPSA) is 73.0 Å². The van der Waals surface area contributed by atoms with E-state index in [1.54, 1.807) is 6.26 Å². The van der Waals surface area contributed by atoms with Gasteiger partial charge in [-0.05, 0) is 37.5 Å². The SMILES string of the molecule is CCc1ccc([C@@H](C)NC(=O)CSc2nnc(-c3ccoc3C)n2C)cc1. The van der Waals surface area contributed by atoms with E-state index in [1.807, 2.05) is 31.5 Å². The molecule has 0 aliphatic heterocycles. The predicted molar refractivity (Wildman–Crippen MR) is 107 cm³/mol. The summed E-state index contributed by atoms with van der Waals surface area (Å²) in [5.74, 6) is 1.78. The molecule has 0 aliphatic carbocycles. The van der Waals surface area contributed by atoms with E-state index in [-0.39, 0.29) is 17.7 Å². The molecule has 0 unspecified atom stereocenters. The van der Waals surface area contributed by atoms with E-state index >= 15 is 0 Å². The van der Waals surface area contributed by atoms with Crippen molar-refractivity contribution < 1.29 is 9.21 Å². The van der Waals surface area contributed by atoms with Crippen LogP contribution in [0.15, 0.2) is 46.2 Å². The van der Waals surface area contributed by atoms with Gasteiger partial charge in [0.2, 0.25) is 5.91 Å². The van der Waals surface area contributed by atoms with Crippen molar-refractivity contribution >= 4 is 17.7 Å². The second kappa shape index (κ2) is 8.43. The molecular weight excluding hydrogens is 360 g/mol. The first-order valence-electron chi connectivity index (χ1n) is 8.94. The summed E-state index contributed by atoms with van der Waals surface area (Å²) in [6, 6.07) is 10.2. The summed E-state index contributed by atoms with van der Waals surface area (Å²) in [6.45, 7) is 6.01. The van der Waals surface area contributed by atoms with Crippen LogP contribution in [0, 0.1) is 6.92 Å². The number of carbonyl (C=O) groups excluding carboxylic acids is 1. The molecule has 1 aromatic carbocycles. The molecule has 142 valence electrons. The van der Waals surface area contributed by atoms with Crippen LogP contribution in [0.5, 0.6) is 0 Å². The number of amides is 1. The third kappa shape index (κ3) is 4.42. The van der Waals surface area contributed by atoms with Gasteiger partial charge in [0.1, 0.15) is 5.76 Å². The number of nitrogens with one attached hydrogen (secondary N) is 1. The summed E-state index contributed by atoms with van der Waals surface area (Å²) in [5, 5.41) is 12.1. The van der Waals surface area contributed by atoms with Crippen molar-refractivity contribution in [3.8, 4) is 11.4 Å². The fourth-order valence-corrected chi connectivity index (χ4v) is 3.55. The lowest BCUT2D eigenvalue weighted by Crippen LogP contribution is -2.28. The molecule has 6 nitrogen and oxygen atoms in total. The zero-order valence-corrected chi connectivity index (χ0v) is 16.8. The first-order chi connectivity index (χ1) is 13.0. The van der Waals surface area contributed by atoms with Crippen molar-refractivity contribution in [3.05, 3.63) is 53.5 Å². The van der Waals surface area contributed by atoms with Gasteiger partial charge in [-0.1, -0.05) is 43.0 Å². The predicted octanol–water partition coefficient (Wildman–Crippen LogP) is 3.92. The molecule has 0 bridgehead atoms. The zero-order valence-electron chi connectivity index (χ0n) is 16.0. The van der Waals surface area contributed by atoms with Crippen LogP contribution in [0.4, 0.5) is 0 Å². The van der Waals surface area contributed by atoms with E-state index in [0.29, 0.717) is 5.16 Å². The minimum absolute atomic E-state index is 0.0314. The third-order valence-corrected chi connectivity index (χ3v) is 5.55. The second-order valence-electron chi connectivity index (χ2n) is 6.43. The summed E-state index contributed by atoms with van der Waals surface area (Å²) in [5.41, 5.74) is 3.30. The molecule has 1 amide bonds. The Morgan fingerprint density at radius 1 is 1.26 bits per heavy atom. The van der Waals surface area contributed by atoms with E-state index in [1.165, 1.54) is 17.3 Å². The third-order valence-electron chi connectivity index (χ3n) is 4.53. The van der Waals surface area contributed by atoms with Crippen molar-refractivity contribution in [2.24, 2.45) is 7.05 Å². The van der Waals surface area contributed by atoms with Crippen molar-refractivity contribution in [2.45, 2.75) is 38.4 Å². The first kappa shape index (κ1) is 19.2. The molecule has 27 heavy (non-hydrogen) atoms. The summed E-state index contributed by atoms with van der Waals surface area (Å²) >= 11 is 1.37. The normalized spacial score (nSPS) is 12.1. The van der Waals surface area contributed by atoms with E-state index in [9.17, 15) is 4.79 Å². The molecule has 1 N–H and O–H groups in total. The highest BCUT2D eigenvalue weighted by molar-refractivity contribution is 7.99. The van der Waals surface area contributed by atoms with Crippen LogP contribution in [0.2, 0.25) is 0 Å². The number of rotatable bonds is 7. The zero-order chi connectivity index (χ0) is 19.4. The Hall–Kier alpha value is -2.54. The second-order valence-corrected chi connectivity index (χ2v) is 7.37. The average molecular weight is 385 g/mol. The fraction of sp³-hybridized carbons (Fsp3) is 0.350. The number of furan rings is 1. The molecule has 0 saturated heterocycles. The van der Waals surface area contributed by atoms with E-state index in [0.717, 1.165) is 29.1 Å². The van der Waals surface area contributed by atoms with Crippen LogP contribution < -0.4 is 5.32 Å². The maximum atomic E-state index is 12.3. The van der Waals surface area contributed by atoms with Gasteiger partial charge in [-0.25, -0.2) is 0 Å². The lowest BCUT2D eigenvalue weighted by Gasteiger charge is -2.14. The number of aromatic nitrogens is 3. The van der Waals surface area contributed by atoms with Gasteiger partial charge in [0.05, 0.1) is 23.6 Å². The summed E-state index contributed by atoms with van der Waals surface area (Å²) < 4.78 is 7.21. The van der Waals surface area contributed by atoms with Crippen LogP contribution in [-0.4, -0.2) is 26.4 Å². The Labute approximate surface area is 163 Å². The smallest absolute Gasteiger partial charge is 0.230 e. The highest BCUT2D eigenvalue weighted by atomic mass is 32.2. The Morgan fingerprint density at radius 3 is 2.63 bits per heavy atom. The Kier molecular flexibility index (Phi) is 6.01. The number of carbonyl (C=O) groups is 1. The van der Waals surface area contributed by atoms with Gasteiger partial charge in [-0.15, -0.1) is 10.2 Å². The lowest BCUT2D eigenvalue weighted by atomic mass is 10.1. The number of aryl methyl sites for hydroxylation is 2. The van der Waals surface area contributed by atoms with Crippen LogP contribution in [-0.2, 0) is 18.3 Å². The molecule has 3 rings (SSSR count). The molecule has 2 heterocycles. The molecule has 7 heteroatoms. The van der Waals surface area contributed by atoms with Gasteiger partial charge in [0, 0.05) is 7.05 Å². The van der Waals surface area contributed by atoms with Crippen molar-refractivity contribution in [1.82, 2.24) is 20.1 Å². The van der Waals surface area contributed by atoms with Gasteiger partial charge in [0.25, 0.3) is 0 Å². The summed E-state index contributed by atoms with van der Waals surface area (Å²) in [7, 11) is 1.89. The number of hydrogen-bond donors (Lipinski definition) is 1. The molecular formula is C20H24N4O2S. The molecule has 0 radical (unpaired) electrons. The van der Waals surface area contributed by atoms with Gasteiger partial charge in [-0.3, -0.25) is 4.79 Å². The Bertz CT molecular complexity index is 914. The molecule has 0 saturated carbocycles. The average Bonchev–Trinajstić information content (AvgIpc) is 3.25. The van der Waals surface area contributed by atoms with Crippen LogP contribution in [0.3, 0.4) is 0 Å². The fourth-order valence-electron chi connectivity index (χ4n) is 2.83. The van der Waals surface area contributed by atoms with E-state index in [2.05, 4.69) is 46.7 Å². The standard InChI is InChI=1S/C20H24N4O2S/c1-5-15-6-8-16(9-7-15)13(2)21-18(25)12-27-20-23-22-19(24(20)4)17-10-11-26-14(17)3/h6-11,13H,5,12H2,1-4H3,(H,21,25)/t13-/m1/s1. The molecule has 1 atom stereocenters. The Morgan fingerprint density at radius 2 is 2.00 bits per heavy atom.